The maximum Gasteiger partial charge on any atom is 0.0860 e. The van der Waals surface area contributed by atoms with E-state index in [2.05, 4.69) is 29.1 Å². The summed E-state index contributed by atoms with van der Waals surface area (Å²) in [5, 5.41) is 8.55. The van der Waals surface area contributed by atoms with Crippen molar-refractivity contribution in [2.24, 2.45) is 0 Å². The van der Waals surface area contributed by atoms with Crippen LogP contribution in [-0.4, -0.2) is 32.2 Å². The monoisotopic (exact) mass is 272 g/mol. The van der Waals surface area contributed by atoms with Crippen molar-refractivity contribution in [2.45, 2.75) is 44.8 Å². The summed E-state index contributed by atoms with van der Waals surface area (Å²) in [6, 6.07) is 5.90. The van der Waals surface area contributed by atoms with E-state index in [-0.39, 0.29) is 5.60 Å². The maximum atomic E-state index is 5.75. The summed E-state index contributed by atoms with van der Waals surface area (Å²) in [5.41, 5.74) is 2.00. The normalized spacial score (nSPS) is 21.8. The van der Waals surface area contributed by atoms with E-state index in [0.717, 1.165) is 30.8 Å². The molecule has 106 valence electrons. The predicted octanol–water partition coefficient (Wildman–Crippen LogP) is 2.39. The molecule has 2 aromatic rings. The van der Waals surface area contributed by atoms with Gasteiger partial charge < -0.3 is 4.74 Å². The van der Waals surface area contributed by atoms with Crippen LogP contribution in [0.3, 0.4) is 0 Å². The lowest BCUT2D eigenvalue weighted by Crippen LogP contribution is -2.33. The molecule has 3 heterocycles. The number of nitrogens with zero attached hydrogens (tertiary/aromatic N) is 4. The third-order valence-electron chi connectivity index (χ3n) is 3.72. The van der Waals surface area contributed by atoms with Gasteiger partial charge >= 0.3 is 0 Å². The second-order valence-electron chi connectivity index (χ2n) is 5.96. The molecule has 1 saturated heterocycles. The van der Waals surface area contributed by atoms with E-state index in [1.807, 2.05) is 29.1 Å². The van der Waals surface area contributed by atoms with Crippen molar-refractivity contribution in [1.82, 2.24) is 20.0 Å². The van der Waals surface area contributed by atoms with Gasteiger partial charge in [0.1, 0.15) is 0 Å². The average molecular weight is 272 g/mol. The summed E-state index contributed by atoms with van der Waals surface area (Å²) in [6.45, 7) is 5.74. The Bertz CT molecular complexity index is 564. The van der Waals surface area contributed by atoms with Gasteiger partial charge in [-0.2, -0.15) is 0 Å². The van der Waals surface area contributed by atoms with Crippen molar-refractivity contribution >= 4 is 0 Å². The Labute approximate surface area is 119 Å². The summed E-state index contributed by atoms with van der Waals surface area (Å²) in [7, 11) is 0. The molecular formula is C15H20N4O. The van der Waals surface area contributed by atoms with Gasteiger partial charge in [-0.05, 0) is 38.8 Å². The third-order valence-corrected chi connectivity index (χ3v) is 3.72. The Morgan fingerprint density at radius 1 is 1.40 bits per heavy atom. The zero-order valence-electron chi connectivity index (χ0n) is 12.0. The van der Waals surface area contributed by atoms with Crippen LogP contribution < -0.4 is 0 Å². The lowest BCUT2D eigenvalue weighted by molar-refractivity contribution is -0.0597. The first kappa shape index (κ1) is 13.2. The number of pyridine rings is 1. The molecule has 3 rings (SSSR count). The van der Waals surface area contributed by atoms with Crippen LogP contribution in [-0.2, 0) is 11.3 Å². The van der Waals surface area contributed by atoms with Gasteiger partial charge in [0.05, 0.1) is 23.5 Å². The average Bonchev–Trinajstić information content (AvgIpc) is 2.87. The summed E-state index contributed by atoms with van der Waals surface area (Å²) in [6.07, 6.45) is 5.86. The van der Waals surface area contributed by atoms with E-state index in [4.69, 9.17) is 4.74 Å². The first-order valence-corrected chi connectivity index (χ1v) is 7.06. The first-order valence-electron chi connectivity index (χ1n) is 7.06. The van der Waals surface area contributed by atoms with Crippen molar-refractivity contribution in [3.05, 3.63) is 42.0 Å². The van der Waals surface area contributed by atoms with Gasteiger partial charge in [-0.3, -0.25) is 4.98 Å². The SMILES string of the molecule is CC1(C)C[C@H](c2cn(Cc3ccccn3)nn2)CCO1. The van der Waals surface area contributed by atoms with Crippen molar-refractivity contribution in [3.63, 3.8) is 0 Å². The molecule has 5 heteroatoms. The zero-order chi connectivity index (χ0) is 14.0. The highest BCUT2D eigenvalue weighted by Crippen LogP contribution is 2.34. The Morgan fingerprint density at radius 3 is 3.05 bits per heavy atom. The molecule has 0 aromatic carbocycles. The van der Waals surface area contributed by atoms with E-state index < -0.39 is 0 Å². The van der Waals surface area contributed by atoms with Crippen LogP contribution in [0.4, 0.5) is 0 Å². The van der Waals surface area contributed by atoms with E-state index >= 15 is 0 Å². The van der Waals surface area contributed by atoms with E-state index in [9.17, 15) is 0 Å². The highest BCUT2D eigenvalue weighted by Gasteiger charge is 2.31. The molecule has 1 atom stereocenters. The molecule has 1 aliphatic rings. The van der Waals surface area contributed by atoms with Crippen LogP contribution in [0.25, 0.3) is 0 Å². The fraction of sp³-hybridized carbons (Fsp3) is 0.533. The molecule has 1 fully saturated rings. The van der Waals surface area contributed by atoms with Gasteiger partial charge in [0.15, 0.2) is 0 Å². The maximum absolute atomic E-state index is 5.75. The predicted molar refractivity (Wildman–Crippen MR) is 75.4 cm³/mol. The minimum atomic E-state index is -0.0618. The molecule has 0 aliphatic carbocycles. The highest BCUT2D eigenvalue weighted by atomic mass is 16.5. The number of rotatable bonds is 3. The molecular weight excluding hydrogens is 252 g/mol. The van der Waals surface area contributed by atoms with Gasteiger partial charge in [0, 0.05) is 24.9 Å². The molecule has 5 nitrogen and oxygen atoms in total. The Kier molecular flexibility index (Phi) is 3.53. The lowest BCUT2D eigenvalue weighted by Gasteiger charge is -2.34. The lowest BCUT2D eigenvalue weighted by atomic mass is 9.86. The number of hydrogen-bond donors (Lipinski definition) is 0. The van der Waals surface area contributed by atoms with Crippen molar-refractivity contribution in [1.29, 1.82) is 0 Å². The third kappa shape index (κ3) is 3.04. The molecule has 1 aliphatic heterocycles. The van der Waals surface area contributed by atoms with Gasteiger partial charge in [-0.15, -0.1) is 5.10 Å². The molecule has 20 heavy (non-hydrogen) atoms. The standard InChI is InChI=1S/C15H20N4O/c1-15(2)9-12(6-8-20-15)14-11-19(18-17-14)10-13-5-3-4-7-16-13/h3-5,7,11-12H,6,8-10H2,1-2H3/t12-/m1/s1. The number of hydrogen-bond acceptors (Lipinski definition) is 4. The van der Waals surface area contributed by atoms with Crippen LogP contribution in [0, 0.1) is 0 Å². The van der Waals surface area contributed by atoms with E-state index in [1.165, 1.54) is 0 Å². The summed E-state index contributed by atoms with van der Waals surface area (Å²) < 4.78 is 7.62. The van der Waals surface area contributed by atoms with Gasteiger partial charge in [-0.1, -0.05) is 11.3 Å². The van der Waals surface area contributed by atoms with Crippen molar-refractivity contribution < 1.29 is 4.74 Å². The van der Waals surface area contributed by atoms with Gasteiger partial charge in [-0.25, -0.2) is 4.68 Å². The Hall–Kier alpha value is -1.75. The van der Waals surface area contributed by atoms with Crippen LogP contribution in [0.5, 0.6) is 0 Å². The van der Waals surface area contributed by atoms with Crippen LogP contribution in [0.1, 0.15) is 44.0 Å². The molecule has 0 saturated carbocycles. The molecule has 0 N–H and O–H groups in total. The highest BCUT2D eigenvalue weighted by molar-refractivity contribution is 5.08. The minimum Gasteiger partial charge on any atom is -0.376 e. The molecule has 0 radical (unpaired) electrons. The molecule has 0 bridgehead atoms. The second kappa shape index (κ2) is 5.32. The summed E-state index contributed by atoms with van der Waals surface area (Å²) in [5.74, 6) is 0.441. The second-order valence-corrected chi connectivity index (χ2v) is 5.96. The van der Waals surface area contributed by atoms with Gasteiger partial charge in [0.2, 0.25) is 0 Å². The van der Waals surface area contributed by atoms with Crippen LogP contribution in [0.2, 0.25) is 0 Å². The molecule has 0 unspecified atom stereocenters. The van der Waals surface area contributed by atoms with E-state index in [0.29, 0.717) is 12.5 Å². The minimum absolute atomic E-state index is 0.0618. The van der Waals surface area contributed by atoms with Crippen LogP contribution in [0.15, 0.2) is 30.6 Å². The fourth-order valence-corrected chi connectivity index (χ4v) is 2.72. The van der Waals surface area contributed by atoms with Crippen molar-refractivity contribution in [3.8, 4) is 0 Å². The van der Waals surface area contributed by atoms with Crippen molar-refractivity contribution in [2.75, 3.05) is 6.61 Å². The molecule has 0 amide bonds. The smallest absolute Gasteiger partial charge is 0.0860 e. The number of aromatic nitrogens is 4. The largest absolute Gasteiger partial charge is 0.376 e. The Morgan fingerprint density at radius 2 is 2.30 bits per heavy atom. The zero-order valence-corrected chi connectivity index (χ0v) is 12.0. The molecule has 2 aromatic heterocycles. The first-order chi connectivity index (χ1) is 9.62. The summed E-state index contributed by atoms with van der Waals surface area (Å²) in [4.78, 5) is 4.31. The number of ether oxygens (including phenoxy) is 1. The van der Waals surface area contributed by atoms with Gasteiger partial charge in [0.25, 0.3) is 0 Å². The summed E-state index contributed by atoms with van der Waals surface area (Å²) >= 11 is 0. The van der Waals surface area contributed by atoms with Crippen LogP contribution >= 0.6 is 0 Å². The van der Waals surface area contributed by atoms with E-state index in [1.54, 1.807) is 6.20 Å². The topological polar surface area (TPSA) is 52.8 Å². The Balaban J connectivity index is 1.70. The quantitative estimate of drug-likeness (QED) is 0.861. The fourth-order valence-electron chi connectivity index (χ4n) is 2.72. The molecule has 0 spiro atoms.